The number of hydrogen-bond acceptors (Lipinski definition) is 4. The minimum absolute atomic E-state index is 0.237. The smallest absolute Gasteiger partial charge is 0.333 e. The van der Waals surface area contributed by atoms with Gasteiger partial charge >= 0.3 is 5.97 Å². The van der Waals surface area contributed by atoms with Crippen LogP contribution in [0.25, 0.3) is 0 Å². The van der Waals surface area contributed by atoms with Gasteiger partial charge < -0.3 is 9.64 Å². The van der Waals surface area contributed by atoms with Crippen molar-refractivity contribution in [2.24, 2.45) is 0 Å². The average Bonchev–Trinajstić information content (AvgIpc) is 2.36. The van der Waals surface area contributed by atoms with Gasteiger partial charge in [0.2, 0.25) is 0 Å². The molecule has 6 heteroatoms. The van der Waals surface area contributed by atoms with Crippen LogP contribution in [-0.2, 0) is 14.3 Å². The van der Waals surface area contributed by atoms with E-state index in [1.165, 1.54) is 9.80 Å². The number of carbonyl (C=O) groups excluding carboxylic acids is 2. The molecule has 0 radical (unpaired) electrons. The highest BCUT2D eigenvalue weighted by Gasteiger charge is 2.33. The molecule has 1 rings (SSSR count). The molecule has 0 aliphatic carbocycles. The SMILES string of the molecule is CCOC(=O)/C=C1\C(=O)N(C)C(=S)N1C. The van der Waals surface area contributed by atoms with E-state index in [4.69, 9.17) is 17.0 Å². The molecular weight excluding hydrogens is 216 g/mol. The van der Waals surface area contributed by atoms with Crippen molar-refractivity contribution in [2.45, 2.75) is 6.92 Å². The van der Waals surface area contributed by atoms with Gasteiger partial charge in [0.1, 0.15) is 5.70 Å². The molecule has 0 N–H and O–H groups in total. The van der Waals surface area contributed by atoms with Gasteiger partial charge in [-0.05, 0) is 19.1 Å². The summed E-state index contributed by atoms with van der Waals surface area (Å²) in [4.78, 5) is 25.5. The van der Waals surface area contributed by atoms with Gasteiger partial charge in [0.05, 0.1) is 12.7 Å². The van der Waals surface area contributed by atoms with E-state index < -0.39 is 5.97 Å². The molecule has 0 unspecified atom stereocenters. The van der Waals surface area contributed by atoms with E-state index in [1.807, 2.05) is 0 Å². The van der Waals surface area contributed by atoms with E-state index in [9.17, 15) is 9.59 Å². The lowest BCUT2D eigenvalue weighted by Gasteiger charge is -2.10. The maximum absolute atomic E-state index is 11.6. The maximum Gasteiger partial charge on any atom is 0.333 e. The third kappa shape index (κ3) is 2.15. The zero-order valence-electron chi connectivity index (χ0n) is 8.81. The van der Waals surface area contributed by atoms with E-state index in [1.54, 1.807) is 21.0 Å². The van der Waals surface area contributed by atoms with Crippen LogP contribution in [0.3, 0.4) is 0 Å². The molecule has 1 amide bonds. The van der Waals surface area contributed by atoms with Crippen LogP contribution in [0.15, 0.2) is 11.8 Å². The molecule has 1 fully saturated rings. The third-order valence-corrected chi connectivity index (χ3v) is 2.55. The van der Waals surface area contributed by atoms with Crippen LogP contribution in [0.5, 0.6) is 0 Å². The zero-order chi connectivity index (χ0) is 11.6. The predicted molar refractivity (Wildman–Crippen MR) is 57.8 cm³/mol. The van der Waals surface area contributed by atoms with Crippen LogP contribution >= 0.6 is 12.2 Å². The number of hydrogen-bond donors (Lipinski definition) is 0. The maximum atomic E-state index is 11.6. The Hall–Kier alpha value is -1.43. The second kappa shape index (κ2) is 4.39. The molecule has 1 heterocycles. The second-order valence-corrected chi connectivity index (χ2v) is 3.35. The van der Waals surface area contributed by atoms with E-state index >= 15 is 0 Å². The lowest BCUT2D eigenvalue weighted by molar-refractivity contribution is -0.137. The summed E-state index contributed by atoms with van der Waals surface area (Å²) in [5, 5.41) is 0.371. The number of amides is 1. The molecule has 0 aromatic heterocycles. The van der Waals surface area contributed by atoms with Gasteiger partial charge in [-0.1, -0.05) is 0 Å². The molecule has 5 nitrogen and oxygen atoms in total. The molecule has 0 spiro atoms. The van der Waals surface area contributed by atoms with Gasteiger partial charge in [-0.15, -0.1) is 0 Å². The molecule has 1 saturated heterocycles. The van der Waals surface area contributed by atoms with Crippen LogP contribution in [0.2, 0.25) is 0 Å². The molecule has 82 valence electrons. The normalized spacial score (nSPS) is 19.0. The summed E-state index contributed by atoms with van der Waals surface area (Å²) >= 11 is 4.97. The fourth-order valence-electron chi connectivity index (χ4n) is 1.18. The van der Waals surface area contributed by atoms with Gasteiger partial charge in [0.15, 0.2) is 5.11 Å². The van der Waals surface area contributed by atoms with Crippen molar-refractivity contribution in [1.82, 2.24) is 9.80 Å². The quantitative estimate of drug-likeness (QED) is 0.382. The number of carbonyl (C=O) groups is 2. The number of rotatable bonds is 2. The summed E-state index contributed by atoms with van der Waals surface area (Å²) in [5.74, 6) is -0.832. The van der Waals surface area contributed by atoms with Crippen molar-refractivity contribution in [3.05, 3.63) is 11.8 Å². The summed E-state index contributed by atoms with van der Waals surface area (Å²) in [6.45, 7) is 1.98. The molecule has 0 saturated carbocycles. The third-order valence-electron chi connectivity index (χ3n) is 2.00. The zero-order valence-corrected chi connectivity index (χ0v) is 9.63. The number of esters is 1. The Kier molecular flexibility index (Phi) is 3.41. The molecule has 15 heavy (non-hydrogen) atoms. The molecule has 0 aromatic rings. The van der Waals surface area contributed by atoms with Crippen LogP contribution in [0.4, 0.5) is 0 Å². The standard InChI is InChI=1S/C9H12N2O3S/c1-4-14-7(12)5-6-8(13)11(3)9(15)10(6)2/h5H,4H2,1-3H3/b6-5+. The van der Waals surface area contributed by atoms with Gasteiger partial charge in [-0.2, -0.15) is 0 Å². The largest absolute Gasteiger partial charge is 0.463 e. The Labute approximate surface area is 93.3 Å². The van der Waals surface area contributed by atoms with Crippen LogP contribution < -0.4 is 0 Å². The summed E-state index contributed by atoms with van der Waals surface area (Å²) in [6.07, 6.45) is 1.15. The Morgan fingerprint density at radius 1 is 1.47 bits per heavy atom. The highest BCUT2D eigenvalue weighted by molar-refractivity contribution is 7.80. The van der Waals surface area contributed by atoms with Gasteiger partial charge in [0.25, 0.3) is 5.91 Å². The van der Waals surface area contributed by atoms with E-state index in [2.05, 4.69) is 0 Å². The monoisotopic (exact) mass is 228 g/mol. The summed E-state index contributed by atoms with van der Waals surface area (Å²) in [7, 11) is 3.20. The lowest BCUT2D eigenvalue weighted by Crippen LogP contribution is -2.26. The van der Waals surface area contributed by atoms with Gasteiger partial charge in [-0.25, -0.2) is 4.79 Å². The lowest BCUT2D eigenvalue weighted by atomic mass is 10.3. The molecule has 0 bridgehead atoms. The van der Waals surface area contributed by atoms with E-state index in [0.717, 1.165) is 6.08 Å². The fraction of sp³-hybridized carbons (Fsp3) is 0.444. The van der Waals surface area contributed by atoms with Crippen LogP contribution in [0, 0.1) is 0 Å². The highest BCUT2D eigenvalue weighted by atomic mass is 32.1. The Bertz CT molecular complexity index is 351. The van der Waals surface area contributed by atoms with E-state index in [-0.39, 0.29) is 18.2 Å². The first-order valence-electron chi connectivity index (χ1n) is 4.43. The van der Waals surface area contributed by atoms with Crippen LogP contribution in [-0.4, -0.2) is 47.5 Å². The van der Waals surface area contributed by atoms with Crippen molar-refractivity contribution in [2.75, 3.05) is 20.7 Å². The number of likely N-dealkylation sites (N-methyl/N-ethyl adjacent to an activating group) is 2. The number of nitrogens with zero attached hydrogens (tertiary/aromatic N) is 2. The fourth-order valence-corrected chi connectivity index (χ4v) is 1.37. The predicted octanol–water partition coefficient (Wildman–Crippen LogP) is 0.122. The Morgan fingerprint density at radius 3 is 2.47 bits per heavy atom. The van der Waals surface area contributed by atoms with Crippen molar-refractivity contribution in [3.8, 4) is 0 Å². The molecule has 1 aliphatic rings. The van der Waals surface area contributed by atoms with Gasteiger partial charge in [-0.3, -0.25) is 9.69 Å². The summed E-state index contributed by atoms with van der Waals surface area (Å²) < 4.78 is 4.71. The van der Waals surface area contributed by atoms with E-state index in [0.29, 0.717) is 5.11 Å². The van der Waals surface area contributed by atoms with Crippen molar-refractivity contribution < 1.29 is 14.3 Å². The number of thiocarbonyl (C=S) groups is 1. The van der Waals surface area contributed by atoms with Crippen molar-refractivity contribution in [3.63, 3.8) is 0 Å². The minimum Gasteiger partial charge on any atom is -0.463 e. The van der Waals surface area contributed by atoms with Crippen molar-refractivity contribution >= 4 is 29.2 Å². The first-order chi connectivity index (χ1) is 6.99. The molecule has 0 aromatic carbocycles. The average molecular weight is 228 g/mol. The summed E-state index contributed by atoms with van der Waals surface area (Å²) in [6, 6.07) is 0. The second-order valence-electron chi connectivity index (χ2n) is 2.99. The molecule has 0 atom stereocenters. The Balaban J connectivity index is 2.91. The van der Waals surface area contributed by atoms with Gasteiger partial charge in [0, 0.05) is 14.1 Å². The highest BCUT2D eigenvalue weighted by Crippen LogP contribution is 2.17. The molecule has 1 aliphatic heterocycles. The Morgan fingerprint density at radius 2 is 2.07 bits per heavy atom. The van der Waals surface area contributed by atoms with Crippen molar-refractivity contribution in [1.29, 1.82) is 0 Å². The summed E-state index contributed by atoms with van der Waals surface area (Å²) in [5.41, 5.74) is 0.237. The van der Waals surface area contributed by atoms with Crippen LogP contribution in [0.1, 0.15) is 6.92 Å². The molecular formula is C9H12N2O3S. The minimum atomic E-state index is -0.536. The first-order valence-corrected chi connectivity index (χ1v) is 4.84. The topological polar surface area (TPSA) is 49.9 Å². The first kappa shape index (κ1) is 11.6. The number of ether oxygens (including phenoxy) is 1.